The van der Waals surface area contributed by atoms with Crippen molar-refractivity contribution in [3.05, 3.63) is 78.1 Å². The van der Waals surface area contributed by atoms with Gasteiger partial charge in [0.05, 0.1) is 5.69 Å². The number of hydrogen-bond donors (Lipinski definition) is 2. The van der Waals surface area contributed by atoms with Crippen LogP contribution in [-0.4, -0.2) is 28.4 Å². The molecule has 0 saturated carbocycles. The first-order valence-electron chi connectivity index (χ1n) is 9.75. The van der Waals surface area contributed by atoms with Gasteiger partial charge in [-0.1, -0.05) is 30.3 Å². The fraction of sp³-hybridized carbons (Fsp3) is 0.304. The number of nitrogens with one attached hydrogen (secondary N) is 2. The molecule has 1 aromatic heterocycles. The number of nitrogens with zero attached hydrogens (tertiary/aromatic N) is 3. The first-order chi connectivity index (χ1) is 13.9. The summed E-state index contributed by atoms with van der Waals surface area (Å²) in [5.74, 6) is 1.63. The van der Waals surface area contributed by atoms with Crippen LogP contribution in [0.2, 0.25) is 0 Å². The SMILES string of the molecule is CN=C(NCc1ccc(-n2cccn2)cc1)NCc1ccccc1OC(C)(C)C.I. The highest BCUT2D eigenvalue weighted by molar-refractivity contribution is 14.0. The van der Waals surface area contributed by atoms with Crippen LogP contribution in [0.3, 0.4) is 0 Å². The van der Waals surface area contributed by atoms with E-state index in [1.165, 1.54) is 5.56 Å². The van der Waals surface area contributed by atoms with Crippen LogP contribution in [0.5, 0.6) is 5.75 Å². The van der Waals surface area contributed by atoms with Crippen LogP contribution < -0.4 is 15.4 Å². The molecule has 0 aliphatic rings. The van der Waals surface area contributed by atoms with Gasteiger partial charge >= 0.3 is 0 Å². The van der Waals surface area contributed by atoms with Crippen LogP contribution >= 0.6 is 24.0 Å². The first-order valence-corrected chi connectivity index (χ1v) is 9.75. The Hall–Kier alpha value is -2.55. The molecule has 0 spiro atoms. The third-order valence-electron chi connectivity index (χ3n) is 4.22. The zero-order valence-electron chi connectivity index (χ0n) is 17.9. The molecule has 0 saturated heterocycles. The summed E-state index contributed by atoms with van der Waals surface area (Å²) in [6.07, 6.45) is 3.70. The third kappa shape index (κ3) is 7.05. The number of para-hydroxylation sites is 1. The summed E-state index contributed by atoms with van der Waals surface area (Å²) >= 11 is 0. The van der Waals surface area contributed by atoms with Gasteiger partial charge in [-0.15, -0.1) is 24.0 Å². The molecule has 30 heavy (non-hydrogen) atoms. The number of benzene rings is 2. The smallest absolute Gasteiger partial charge is 0.191 e. The lowest BCUT2D eigenvalue weighted by atomic mass is 10.1. The Balaban J connectivity index is 0.00000320. The maximum Gasteiger partial charge on any atom is 0.191 e. The van der Waals surface area contributed by atoms with Gasteiger partial charge < -0.3 is 15.4 Å². The van der Waals surface area contributed by atoms with E-state index >= 15 is 0 Å². The van der Waals surface area contributed by atoms with Crippen LogP contribution in [0, 0.1) is 0 Å². The number of aromatic nitrogens is 2. The summed E-state index contributed by atoms with van der Waals surface area (Å²) in [7, 11) is 1.77. The molecule has 2 aromatic carbocycles. The van der Waals surface area contributed by atoms with E-state index < -0.39 is 0 Å². The molecule has 0 atom stereocenters. The van der Waals surface area contributed by atoms with Gasteiger partial charge in [0.15, 0.2) is 5.96 Å². The highest BCUT2D eigenvalue weighted by Gasteiger charge is 2.14. The minimum absolute atomic E-state index is 0. The van der Waals surface area contributed by atoms with Crippen molar-refractivity contribution in [2.45, 2.75) is 39.5 Å². The van der Waals surface area contributed by atoms with Crippen LogP contribution in [0.1, 0.15) is 31.9 Å². The minimum Gasteiger partial charge on any atom is -0.488 e. The van der Waals surface area contributed by atoms with E-state index in [0.29, 0.717) is 13.1 Å². The average molecular weight is 519 g/mol. The molecule has 0 aliphatic carbocycles. The van der Waals surface area contributed by atoms with Gasteiger partial charge in [-0.05, 0) is 50.6 Å². The Morgan fingerprint density at radius 1 is 1.00 bits per heavy atom. The first kappa shape index (κ1) is 23.7. The number of rotatable bonds is 6. The number of ether oxygens (including phenoxy) is 1. The summed E-state index contributed by atoms with van der Waals surface area (Å²) < 4.78 is 7.90. The molecule has 6 nitrogen and oxygen atoms in total. The Morgan fingerprint density at radius 3 is 2.33 bits per heavy atom. The fourth-order valence-corrected chi connectivity index (χ4v) is 2.85. The van der Waals surface area contributed by atoms with Crippen molar-refractivity contribution in [1.29, 1.82) is 0 Å². The number of hydrogen-bond acceptors (Lipinski definition) is 3. The van der Waals surface area contributed by atoms with E-state index in [1.54, 1.807) is 13.2 Å². The zero-order chi connectivity index (χ0) is 20.7. The molecular weight excluding hydrogens is 489 g/mol. The van der Waals surface area contributed by atoms with Gasteiger partial charge in [-0.3, -0.25) is 4.99 Å². The summed E-state index contributed by atoms with van der Waals surface area (Å²) in [6, 6.07) is 18.3. The second kappa shape index (κ2) is 11.0. The second-order valence-electron chi connectivity index (χ2n) is 7.72. The summed E-state index contributed by atoms with van der Waals surface area (Å²) in [6.45, 7) is 7.46. The van der Waals surface area contributed by atoms with Gasteiger partial charge in [0, 0.05) is 38.1 Å². The van der Waals surface area contributed by atoms with E-state index in [2.05, 4.69) is 71.8 Å². The van der Waals surface area contributed by atoms with Gasteiger partial charge in [0.25, 0.3) is 0 Å². The number of aliphatic imine (C=N–C) groups is 1. The van der Waals surface area contributed by atoms with E-state index in [0.717, 1.165) is 23.0 Å². The van der Waals surface area contributed by atoms with Crippen molar-refractivity contribution in [2.24, 2.45) is 4.99 Å². The molecular formula is C23H30IN5O. The van der Waals surface area contributed by atoms with Crippen LogP contribution in [0.25, 0.3) is 5.69 Å². The van der Waals surface area contributed by atoms with Crippen molar-refractivity contribution in [2.75, 3.05) is 7.05 Å². The predicted octanol–water partition coefficient (Wildman–Crippen LogP) is 4.53. The van der Waals surface area contributed by atoms with Crippen molar-refractivity contribution < 1.29 is 4.74 Å². The van der Waals surface area contributed by atoms with E-state index in [1.807, 2.05) is 35.1 Å². The molecule has 3 rings (SSSR count). The van der Waals surface area contributed by atoms with E-state index in [9.17, 15) is 0 Å². The lowest BCUT2D eigenvalue weighted by Gasteiger charge is -2.23. The van der Waals surface area contributed by atoms with Crippen molar-refractivity contribution in [1.82, 2.24) is 20.4 Å². The maximum absolute atomic E-state index is 6.06. The molecule has 0 unspecified atom stereocenters. The monoisotopic (exact) mass is 519 g/mol. The fourth-order valence-electron chi connectivity index (χ4n) is 2.85. The largest absolute Gasteiger partial charge is 0.488 e. The maximum atomic E-state index is 6.06. The lowest BCUT2D eigenvalue weighted by Crippen LogP contribution is -2.36. The second-order valence-corrected chi connectivity index (χ2v) is 7.72. The minimum atomic E-state index is -0.238. The Labute approximate surface area is 195 Å². The van der Waals surface area contributed by atoms with Crippen molar-refractivity contribution in [3.63, 3.8) is 0 Å². The lowest BCUT2D eigenvalue weighted by molar-refractivity contribution is 0.129. The molecule has 0 aliphatic heterocycles. The highest BCUT2D eigenvalue weighted by atomic mass is 127. The molecule has 160 valence electrons. The quantitative estimate of drug-likeness (QED) is 0.286. The van der Waals surface area contributed by atoms with E-state index in [4.69, 9.17) is 4.74 Å². The Bertz CT molecular complexity index is 931. The average Bonchev–Trinajstić information content (AvgIpc) is 3.23. The third-order valence-corrected chi connectivity index (χ3v) is 4.22. The standard InChI is InChI=1S/C23H29N5O.HI/c1-23(2,3)29-21-9-6-5-8-19(21)17-26-22(24-4)25-16-18-10-12-20(13-11-18)28-15-7-14-27-28;/h5-15H,16-17H2,1-4H3,(H2,24,25,26);1H. The van der Waals surface area contributed by atoms with Gasteiger partial charge in [-0.25, -0.2) is 4.68 Å². The molecule has 0 radical (unpaired) electrons. The molecule has 0 fully saturated rings. The topological polar surface area (TPSA) is 63.5 Å². The van der Waals surface area contributed by atoms with Crippen molar-refractivity contribution in [3.8, 4) is 11.4 Å². The summed E-state index contributed by atoms with van der Waals surface area (Å²) in [5, 5.41) is 11.0. The zero-order valence-corrected chi connectivity index (χ0v) is 20.3. The van der Waals surface area contributed by atoms with Crippen LogP contribution in [0.15, 0.2) is 72.0 Å². The normalized spacial score (nSPS) is 11.5. The van der Waals surface area contributed by atoms with Crippen LogP contribution in [-0.2, 0) is 13.1 Å². The Morgan fingerprint density at radius 2 is 1.70 bits per heavy atom. The van der Waals surface area contributed by atoms with Gasteiger partial charge in [-0.2, -0.15) is 5.10 Å². The highest BCUT2D eigenvalue weighted by Crippen LogP contribution is 2.22. The van der Waals surface area contributed by atoms with Gasteiger partial charge in [0.2, 0.25) is 0 Å². The Kier molecular flexibility index (Phi) is 8.71. The van der Waals surface area contributed by atoms with Gasteiger partial charge in [0.1, 0.15) is 11.4 Å². The van der Waals surface area contributed by atoms with Crippen LogP contribution in [0.4, 0.5) is 0 Å². The molecule has 3 aromatic rings. The van der Waals surface area contributed by atoms with E-state index in [-0.39, 0.29) is 29.6 Å². The molecule has 0 amide bonds. The predicted molar refractivity (Wildman–Crippen MR) is 133 cm³/mol. The van der Waals surface area contributed by atoms with Crippen molar-refractivity contribution >= 4 is 29.9 Å². The summed E-state index contributed by atoms with van der Waals surface area (Å²) in [5.41, 5.74) is 3.06. The molecule has 1 heterocycles. The molecule has 7 heteroatoms. The molecule has 0 bridgehead atoms. The summed E-state index contributed by atoms with van der Waals surface area (Å²) in [4.78, 5) is 4.32. The molecule has 2 N–H and O–H groups in total. The number of halogens is 1. The number of guanidine groups is 1.